The Balaban J connectivity index is 1.72. The van der Waals surface area contributed by atoms with E-state index in [1.165, 1.54) is 19.4 Å². The molecule has 7 nitrogen and oxygen atoms in total. The van der Waals surface area contributed by atoms with E-state index in [1.807, 2.05) is 0 Å². The second-order valence-corrected chi connectivity index (χ2v) is 6.12. The molecule has 0 radical (unpaired) electrons. The zero-order valence-corrected chi connectivity index (χ0v) is 14.6. The van der Waals surface area contributed by atoms with Crippen LogP contribution < -0.4 is 20.5 Å². The SMILES string of the molecule is COc1cccc(N2C(=O)C[C@H](NNc3ncc(Cl)cc3Cl)C2=O)c1. The van der Waals surface area contributed by atoms with Crippen LogP contribution in [0.3, 0.4) is 0 Å². The van der Waals surface area contributed by atoms with Gasteiger partial charge < -0.3 is 10.2 Å². The Hall–Kier alpha value is -2.35. The van der Waals surface area contributed by atoms with Gasteiger partial charge in [0.1, 0.15) is 11.8 Å². The summed E-state index contributed by atoms with van der Waals surface area (Å²) in [5.74, 6) is 0.180. The first-order valence-electron chi connectivity index (χ1n) is 7.33. The average Bonchev–Trinajstić information content (AvgIpc) is 2.88. The Morgan fingerprint density at radius 2 is 2.08 bits per heavy atom. The second-order valence-electron chi connectivity index (χ2n) is 5.28. The molecule has 3 rings (SSSR count). The van der Waals surface area contributed by atoms with Gasteiger partial charge in [0.25, 0.3) is 5.91 Å². The highest BCUT2D eigenvalue weighted by Gasteiger charge is 2.39. The molecule has 1 aliphatic rings. The van der Waals surface area contributed by atoms with Crippen LogP contribution in [-0.2, 0) is 9.59 Å². The van der Waals surface area contributed by atoms with E-state index in [2.05, 4.69) is 15.8 Å². The van der Waals surface area contributed by atoms with E-state index in [-0.39, 0.29) is 18.2 Å². The molecule has 1 saturated heterocycles. The number of hydrogen-bond donors (Lipinski definition) is 2. The molecule has 0 bridgehead atoms. The van der Waals surface area contributed by atoms with Crippen molar-refractivity contribution >= 4 is 46.5 Å². The number of benzene rings is 1. The molecule has 1 aliphatic heterocycles. The molecular weight excluding hydrogens is 367 g/mol. The Morgan fingerprint density at radius 1 is 1.28 bits per heavy atom. The lowest BCUT2D eigenvalue weighted by Crippen LogP contribution is -2.41. The number of nitrogens with one attached hydrogen (secondary N) is 2. The van der Waals surface area contributed by atoms with E-state index in [1.54, 1.807) is 24.3 Å². The zero-order valence-electron chi connectivity index (χ0n) is 13.1. The van der Waals surface area contributed by atoms with Crippen LogP contribution in [0.4, 0.5) is 11.5 Å². The van der Waals surface area contributed by atoms with E-state index in [0.717, 1.165) is 4.90 Å². The number of hydrazine groups is 1. The highest BCUT2D eigenvalue weighted by molar-refractivity contribution is 6.36. The molecule has 1 aromatic carbocycles. The number of nitrogens with zero attached hydrogens (tertiary/aromatic N) is 2. The fourth-order valence-electron chi connectivity index (χ4n) is 2.43. The molecule has 130 valence electrons. The first kappa shape index (κ1) is 17.5. The van der Waals surface area contributed by atoms with Crippen molar-refractivity contribution < 1.29 is 14.3 Å². The predicted octanol–water partition coefficient (Wildman–Crippen LogP) is 2.65. The molecule has 2 aromatic rings. The van der Waals surface area contributed by atoms with Gasteiger partial charge in [-0.05, 0) is 18.2 Å². The molecule has 0 unspecified atom stereocenters. The lowest BCUT2D eigenvalue weighted by Gasteiger charge is -2.17. The van der Waals surface area contributed by atoms with Gasteiger partial charge in [-0.1, -0.05) is 29.3 Å². The van der Waals surface area contributed by atoms with Gasteiger partial charge in [0.05, 0.1) is 29.3 Å². The van der Waals surface area contributed by atoms with Crippen LogP contribution in [0.1, 0.15) is 6.42 Å². The first-order chi connectivity index (χ1) is 12.0. The summed E-state index contributed by atoms with van der Waals surface area (Å²) >= 11 is 11.8. The van der Waals surface area contributed by atoms with Crippen LogP contribution in [0.15, 0.2) is 36.5 Å². The molecule has 0 aliphatic carbocycles. The van der Waals surface area contributed by atoms with Crippen LogP contribution >= 0.6 is 23.2 Å². The maximum atomic E-state index is 12.6. The third-order valence-corrected chi connectivity index (χ3v) is 4.13. The van der Waals surface area contributed by atoms with Gasteiger partial charge in [0.2, 0.25) is 5.91 Å². The molecule has 25 heavy (non-hydrogen) atoms. The number of amides is 2. The van der Waals surface area contributed by atoms with Crippen LogP contribution in [0.2, 0.25) is 10.0 Å². The third-order valence-electron chi connectivity index (χ3n) is 3.63. The van der Waals surface area contributed by atoms with E-state index < -0.39 is 6.04 Å². The molecule has 1 aromatic heterocycles. The van der Waals surface area contributed by atoms with Gasteiger partial charge in [-0.3, -0.25) is 9.59 Å². The van der Waals surface area contributed by atoms with Gasteiger partial charge in [0, 0.05) is 12.3 Å². The van der Waals surface area contributed by atoms with Crippen molar-refractivity contribution in [1.29, 1.82) is 0 Å². The molecule has 9 heteroatoms. The number of ether oxygens (including phenoxy) is 1. The monoisotopic (exact) mass is 380 g/mol. The van der Waals surface area contributed by atoms with Crippen molar-refractivity contribution in [3.63, 3.8) is 0 Å². The molecule has 1 atom stereocenters. The van der Waals surface area contributed by atoms with Crippen molar-refractivity contribution in [3.8, 4) is 5.75 Å². The van der Waals surface area contributed by atoms with Crippen LogP contribution in [0, 0.1) is 0 Å². The van der Waals surface area contributed by atoms with Gasteiger partial charge in [-0.15, -0.1) is 0 Å². The Kier molecular flexibility index (Phi) is 5.08. The maximum Gasteiger partial charge on any atom is 0.253 e. The lowest BCUT2D eigenvalue weighted by molar-refractivity contribution is -0.121. The zero-order chi connectivity index (χ0) is 18.0. The number of hydrogen-bond acceptors (Lipinski definition) is 6. The number of rotatable bonds is 5. The normalized spacial score (nSPS) is 17.1. The number of aromatic nitrogens is 1. The largest absolute Gasteiger partial charge is 0.497 e. The topological polar surface area (TPSA) is 83.6 Å². The first-order valence-corrected chi connectivity index (χ1v) is 8.08. The van der Waals surface area contributed by atoms with E-state index >= 15 is 0 Å². The number of methoxy groups -OCH3 is 1. The summed E-state index contributed by atoms with van der Waals surface area (Å²) in [7, 11) is 1.52. The molecule has 1 fully saturated rings. The maximum absolute atomic E-state index is 12.6. The van der Waals surface area contributed by atoms with Gasteiger partial charge in [0.15, 0.2) is 5.82 Å². The smallest absolute Gasteiger partial charge is 0.253 e. The molecule has 2 heterocycles. The summed E-state index contributed by atoms with van der Waals surface area (Å²) in [6.07, 6.45) is 1.43. The summed E-state index contributed by atoms with van der Waals surface area (Å²) in [5, 5.41) is 0.688. The fraction of sp³-hybridized carbons (Fsp3) is 0.188. The quantitative estimate of drug-likeness (QED) is 0.612. The number of carbonyl (C=O) groups is 2. The highest BCUT2D eigenvalue weighted by atomic mass is 35.5. The molecule has 2 amide bonds. The van der Waals surface area contributed by atoms with Crippen LogP contribution in [0.5, 0.6) is 5.75 Å². The minimum Gasteiger partial charge on any atom is -0.497 e. The summed E-state index contributed by atoms with van der Waals surface area (Å²) in [4.78, 5) is 30.0. The Bertz CT molecular complexity index is 831. The highest BCUT2D eigenvalue weighted by Crippen LogP contribution is 2.27. The van der Waals surface area contributed by atoms with E-state index in [0.29, 0.717) is 27.3 Å². The summed E-state index contributed by atoms with van der Waals surface area (Å²) < 4.78 is 5.13. The number of anilines is 2. The molecule has 0 saturated carbocycles. The number of imide groups is 1. The average molecular weight is 381 g/mol. The minimum atomic E-state index is -0.743. The van der Waals surface area contributed by atoms with Gasteiger partial charge in [-0.2, -0.15) is 0 Å². The molecule has 0 spiro atoms. The number of pyridine rings is 1. The standard InChI is InChI=1S/C16H14Cl2N4O3/c1-25-11-4-2-3-10(6-11)22-14(23)7-13(16(22)24)20-21-15-12(18)5-9(17)8-19-15/h2-6,8,13,20H,7H2,1H3,(H,19,21)/t13-/m0/s1. The van der Waals surface area contributed by atoms with Crippen LogP contribution in [-0.4, -0.2) is 29.9 Å². The van der Waals surface area contributed by atoms with Gasteiger partial charge in [-0.25, -0.2) is 15.3 Å². The van der Waals surface area contributed by atoms with E-state index in [9.17, 15) is 9.59 Å². The van der Waals surface area contributed by atoms with Gasteiger partial charge >= 0.3 is 0 Å². The second kappa shape index (κ2) is 7.26. The predicted molar refractivity (Wildman–Crippen MR) is 94.9 cm³/mol. The summed E-state index contributed by atoms with van der Waals surface area (Å²) in [6, 6.07) is 7.52. The van der Waals surface area contributed by atoms with Crippen molar-refractivity contribution in [2.75, 3.05) is 17.4 Å². The van der Waals surface area contributed by atoms with Crippen molar-refractivity contribution in [1.82, 2.24) is 10.4 Å². The fourth-order valence-corrected chi connectivity index (χ4v) is 2.85. The number of halogens is 2. The Morgan fingerprint density at radius 3 is 2.80 bits per heavy atom. The minimum absolute atomic E-state index is 0.00819. The van der Waals surface area contributed by atoms with E-state index in [4.69, 9.17) is 27.9 Å². The Labute approximate surface area is 153 Å². The van der Waals surface area contributed by atoms with Crippen molar-refractivity contribution in [3.05, 3.63) is 46.6 Å². The molecule has 2 N–H and O–H groups in total. The van der Waals surface area contributed by atoms with Crippen LogP contribution in [0.25, 0.3) is 0 Å². The lowest BCUT2D eigenvalue weighted by atomic mass is 10.2. The summed E-state index contributed by atoms with van der Waals surface area (Å²) in [5.41, 5.74) is 5.99. The third kappa shape index (κ3) is 3.68. The molecular formula is C16H14Cl2N4O3. The van der Waals surface area contributed by atoms with Crippen molar-refractivity contribution in [2.45, 2.75) is 12.5 Å². The summed E-state index contributed by atoms with van der Waals surface area (Å²) in [6.45, 7) is 0. The van der Waals surface area contributed by atoms with Crippen molar-refractivity contribution in [2.24, 2.45) is 0 Å². The number of carbonyl (C=O) groups excluding carboxylic acids is 2.